The van der Waals surface area contributed by atoms with Crippen molar-refractivity contribution in [2.45, 2.75) is 6.42 Å². The van der Waals surface area contributed by atoms with Gasteiger partial charge in [0.05, 0.1) is 13.7 Å². The third-order valence-electron chi connectivity index (χ3n) is 2.17. The molecule has 0 aliphatic carbocycles. The van der Waals surface area contributed by atoms with Gasteiger partial charge < -0.3 is 19.3 Å². The topological polar surface area (TPSA) is 47.9 Å². The van der Waals surface area contributed by atoms with E-state index >= 15 is 0 Å². The van der Waals surface area contributed by atoms with Crippen LogP contribution in [-0.4, -0.2) is 39.1 Å². The smallest absolute Gasteiger partial charge is 0.161 e. The standard InChI is InChI=1S/C12H18O4/c1-14-7-8-16-11-4-3-10(5-6-13)9-12(11)15-2/h3-4,9,13H,5-8H2,1-2H3. The number of methoxy groups -OCH3 is 2. The molecule has 0 bridgehead atoms. The Kier molecular flexibility index (Phi) is 5.67. The molecule has 0 heterocycles. The Balaban J connectivity index is 2.68. The zero-order valence-corrected chi connectivity index (χ0v) is 9.73. The van der Waals surface area contributed by atoms with Gasteiger partial charge in [0, 0.05) is 13.7 Å². The van der Waals surface area contributed by atoms with Crippen molar-refractivity contribution in [2.24, 2.45) is 0 Å². The Morgan fingerprint density at radius 1 is 1.12 bits per heavy atom. The average Bonchev–Trinajstić information content (AvgIpc) is 2.31. The van der Waals surface area contributed by atoms with Gasteiger partial charge in [0.25, 0.3) is 0 Å². The largest absolute Gasteiger partial charge is 0.493 e. The summed E-state index contributed by atoms with van der Waals surface area (Å²) in [6, 6.07) is 5.64. The van der Waals surface area contributed by atoms with E-state index in [0.29, 0.717) is 31.1 Å². The molecule has 1 aromatic carbocycles. The third-order valence-corrected chi connectivity index (χ3v) is 2.17. The summed E-state index contributed by atoms with van der Waals surface area (Å²) in [7, 11) is 3.23. The van der Waals surface area contributed by atoms with Crippen LogP contribution < -0.4 is 9.47 Å². The maximum atomic E-state index is 8.84. The number of hydrogen-bond donors (Lipinski definition) is 1. The lowest BCUT2D eigenvalue weighted by molar-refractivity contribution is 0.144. The Hall–Kier alpha value is -1.26. The molecule has 0 saturated heterocycles. The second-order valence-corrected chi connectivity index (χ2v) is 3.30. The van der Waals surface area contributed by atoms with Crippen LogP contribution in [0.5, 0.6) is 11.5 Å². The van der Waals surface area contributed by atoms with E-state index in [1.165, 1.54) is 0 Å². The first kappa shape index (κ1) is 12.8. The number of rotatable bonds is 7. The molecule has 1 rings (SSSR count). The van der Waals surface area contributed by atoms with Gasteiger partial charge in [-0.3, -0.25) is 0 Å². The molecule has 0 aliphatic heterocycles. The van der Waals surface area contributed by atoms with Crippen molar-refractivity contribution in [1.82, 2.24) is 0 Å². The van der Waals surface area contributed by atoms with Crippen LogP contribution in [0.25, 0.3) is 0 Å². The SMILES string of the molecule is COCCOc1ccc(CCO)cc1OC. The molecule has 90 valence electrons. The summed E-state index contributed by atoms with van der Waals surface area (Å²) < 4.78 is 15.6. The van der Waals surface area contributed by atoms with Crippen molar-refractivity contribution in [3.05, 3.63) is 23.8 Å². The van der Waals surface area contributed by atoms with Gasteiger partial charge in [-0.1, -0.05) is 6.07 Å². The lowest BCUT2D eigenvalue weighted by Gasteiger charge is -2.11. The van der Waals surface area contributed by atoms with Gasteiger partial charge >= 0.3 is 0 Å². The van der Waals surface area contributed by atoms with Crippen LogP contribution in [0, 0.1) is 0 Å². The van der Waals surface area contributed by atoms with Crippen LogP contribution in [-0.2, 0) is 11.2 Å². The van der Waals surface area contributed by atoms with Gasteiger partial charge in [0.1, 0.15) is 6.61 Å². The van der Waals surface area contributed by atoms with Crippen molar-refractivity contribution in [3.8, 4) is 11.5 Å². The van der Waals surface area contributed by atoms with Gasteiger partial charge in [-0.25, -0.2) is 0 Å². The first-order chi connectivity index (χ1) is 7.81. The minimum Gasteiger partial charge on any atom is -0.493 e. The van der Waals surface area contributed by atoms with Gasteiger partial charge in [0.2, 0.25) is 0 Å². The molecule has 4 heteroatoms. The fourth-order valence-electron chi connectivity index (χ4n) is 1.35. The van der Waals surface area contributed by atoms with Crippen LogP contribution >= 0.6 is 0 Å². The van der Waals surface area contributed by atoms with Crippen LogP contribution in [0.3, 0.4) is 0 Å². The minimum absolute atomic E-state index is 0.132. The van der Waals surface area contributed by atoms with Gasteiger partial charge in [-0.15, -0.1) is 0 Å². The van der Waals surface area contributed by atoms with Crippen LogP contribution in [0.2, 0.25) is 0 Å². The van der Waals surface area contributed by atoms with Gasteiger partial charge in [-0.2, -0.15) is 0 Å². The van der Waals surface area contributed by atoms with E-state index in [-0.39, 0.29) is 6.61 Å². The summed E-state index contributed by atoms with van der Waals surface area (Å²) in [6.45, 7) is 1.17. The Morgan fingerprint density at radius 3 is 2.56 bits per heavy atom. The monoisotopic (exact) mass is 226 g/mol. The van der Waals surface area contributed by atoms with E-state index in [2.05, 4.69) is 0 Å². The Labute approximate surface area is 95.8 Å². The summed E-state index contributed by atoms with van der Waals surface area (Å²) in [5, 5.41) is 8.84. The summed E-state index contributed by atoms with van der Waals surface area (Å²) >= 11 is 0. The normalized spacial score (nSPS) is 10.2. The van der Waals surface area contributed by atoms with Crippen molar-refractivity contribution < 1.29 is 19.3 Å². The maximum absolute atomic E-state index is 8.84. The quantitative estimate of drug-likeness (QED) is 0.711. The summed E-state index contributed by atoms with van der Waals surface area (Å²) in [4.78, 5) is 0. The van der Waals surface area contributed by atoms with Gasteiger partial charge in [0.15, 0.2) is 11.5 Å². The highest BCUT2D eigenvalue weighted by molar-refractivity contribution is 5.43. The van der Waals surface area contributed by atoms with Crippen molar-refractivity contribution >= 4 is 0 Å². The molecular formula is C12H18O4. The number of hydrogen-bond acceptors (Lipinski definition) is 4. The van der Waals surface area contributed by atoms with Crippen LogP contribution in [0.1, 0.15) is 5.56 Å². The Morgan fingerprint density at radius 2 is 1.94 bits per heavy atom. The molecular weight excluding hydrogens is 208 g/mol. The highest BCUT2D eigenvalue weighted by Gasteiger charge is 2.05. The molecule has 0 aliphatic rings. The molecule has 0 atom stereocenters. The van der Waals surface area contributed by atoms with E-state index in [9.17, 15) is 0 Å². The second-order valence-electron chi connectivity index (χ2n) is 3.30. The molecule has 0 radical (unpaired) electrons. The molecule has 1 aromatic rings. The second kappa shape index (κ2) is 7.09. The molecule has 0 amide bonds. The Bertz CT molecular complexity index is 312. The highest BCUT2D eigenvalue weighted by atomic mass is 16.5. The predicted octanol–water partition coefficient (Wildman–Crippen LogP) is 1.26. The lowest BCUT2D eigenvalue weighted by atomic mass is 10.1. The molecule has 16 heavy (non-hydrogen) atoms. The molecule has 0 spiro atoms. The summed E-state index contributed by atoms with van der Waals surface area (Å²) in [6.07, 6.45) is 0.620. The van der Waals surface area contributed by atoms with Gasteiger partial charge in [-0.05, 0) is 24.1 Å². The number of aliphatic hydroxyl groups is 1. The molecule has 0 fully saturated rings. The molecule has 0 unspecified atom stereocenters. The highest BCUT2D eigenvalue weighted by Crippen LogP contribution is 2.28. The van der Waals surface area contributed by atoms with Crippen molar-refractivity contribution in [3.63, 3.8) is 0 Å². The van der Waals surface area contributed by atoms with E-state index in [1.54, 1.807) is 14.2 Å². The van der Waals surface area contributed by atoms with E-state index in [4.69, 9.17) is 19.3 Å². The van der Waals surface area contributed by atoms with E-state index in [0.717, 1.165) is 5.56 Å². The number of ether oxygens (including phenoxy) is 3. The molecule has 0 saturated carbocycles. The maximum Gasteiger partial charge on any atom is 0.161 e. The minimum atomic E-state index is 0.132. The van der Waals surface area contributed by atoms with Crippen molar-refractivity contribution in [1.29, 1.82) is 0 Å². The number of aliphatic hydroxyl groups excluding tert-OH is 1. The summed E-state index contributed by atoms with van der Waals surface area (Å²) in [5.41, 5.74) is 1.03. The van der Waals surface area contributed by atoms with Crippen LogP contribution in [0.15, 0.2) is 18.2 Å². The van der Waals surface area contributed by atoms with E-state index < -0.39 is 0 Å². The van der Waals surface area contributed by atoms with E-state index in [1.807, 2.05) is 18.2 Å². The average molecular weight is 226 g/mol. The zero-order valence-electron chi connectivity index (χ0n) is 9.73. The first-order valence-corrected chi connectivity index (χ1v) is 5.21. The summed E-state index contributed by atoms with van der Waals surface area (Å²) in [5.74, 6) is 1.38. The molecule has 1 N–H and O–H groups in total. The fraction of sp³-hybridized carbons (Fsp3) is 0.500. The fourth-order valence-corrected chi connectivity index (χ4v) is 1.35. The predicted molar refractivity (Wildman–Crippen MR) is 61.2 cm³/mol. The number of benzene rings is 1. The molecule has 0 aromatic heterocycles. The third kappa shape index (κ3) is 3.72. The zero-order chi connectivity index (χ0) is 11.8. The first-order valence-electron chi connectivity index (χ1n) is 5.21. The van der Waals surface area contributed by atoms with Crippen molar-refractivity contribution in [2.75, 3.05) is 34.0 Å². The lowest BCUT2D eigenvalue weighted by Crippen LogP contribution is -2.05. The molecule has 4 nitrogen and oxygen atoms in total. The van der Waals surface area contributed by atoms with Crippen LogP contribution in [0.4, 0.5) is 0 Å².